The van der Waals surface area contributed by atoms with E-state index in [4.69, 9.17) is 9.15 Å². The molecular formula is C14H22N2O3. The van der Waals surface area contributed by atoms with Gasteiger partial charge in [0.05, 0.1) is 31.1 Å². The van der Waals surface area contributed by atoms with E-state index in [0.29, 0.717) is 19.6 Å². The molecule has 1 fully saturated rings. The zero-order valence-electron chi connectivity index (χ0n) is 11.8. The van der Waals surface area contributed by atoms with Crippen molar-refractivity contribution in [2.24, 2.45) is 0 Å². The first-order valence-electron chi connectivity index (χ1n) is 6.76. The number of nitrogens with zero attached hydrogens (tertiary/aromatic N) is 1. The van der Waals surface area contributed by atoms with Crippen LogP contribution in [-0.2, 0) is 16.1 Å². The van der Waals surface area contributed by atoms with Gasteiger partial charge in [0.25, 0.3) is 0 Å². The summed E-state index contributed by atoms with van der Waals surface area (Å²) >= 11 is 0. The van der Waals surface area contributed by atoms with Gasteiger partial charge in [0, 0.05) is 13.1 Å². The van der Waals surface area contributed by atoms with E-state index < -0.39 is 0 Å². The second-order valence-corrected chi connectivity index (χ2v) is 5.18. The lowest BCUT2D eigenvalue weighted by molar-refractivity contribution is -0.145. The van der Waals surface area contributed by atoms with Gasteiger partial charge < -0.3 is 14.1 Å². The fourth-order valence-corrected chi connectivity index (χ4v) is 2.39. The Kier molecular flexibility index (Phi) is 4.61. The van der Waals surface area contributed by atoms with Crippen LogP contribution in [0.15, 0.2) is 22.8 Å². The third-order valence-corrected chi connectivity index (χ3v) is 3.26. The highest BCUT2D eigenvalue weighted by Gasteiger charge is 2.28. The number of morpholine rings is 1. The molecule has 1 aromatic rings. The molecule has 0 aromatic carbocycles. The Morgan fingerprint density at radius 1 is 1.47 bits per heavy atom. The molecular weight excluding hydrogens is 244 g/mol. The molecule has 1 amide bonds. The minimum atomic E-state index is -0.220. The Morgan fingerprint density at radius 3 is 2.74 bits per heavy atom. The van der Waals surface area contributed by atoms with E-state index in [9.17, 15) is 4.79 Å². The summed E-state index contributed by atoms with van der Waals surface area (Å²) in [6.45, 7) is 7.77. The lowest BCUT2D eigenvalue weighted by atomic mass is 10.2. The molecule has 1 N–H and O–H groups in total. The Hall–Kier alpha value is -1.33. The standard InChI is InChI=1S/C14H22N2O3/c1-10-8-16(9-11(2)19-10)14(17)12(3)15-7-13-5-4-6-18-13/h4-6,10-12,15H,7-9H2,1-3H3/t10-,11+,12-/m1/s1. The van der Waals surface area contributed by atoms with Crippen molar-refractivity contribution in [1.82, 2.24) is 10.2 Å². The summed E-state index contributed by atoms with van der Waals surface area (Å²) < 4.78 is 10.9. The molecule has 5 nitrogen and oxygen atoms in total. The summed E-state index contributed by atoms with van der Waals surface area (Å²) in [6, 6.07) is 3.51. The molecule has 1 aromatic heterocycles. The summed E-state index contributed by atoms with van der Waals surface area (Å²) in [4.78, 5) is 14.2. The highest BCUT2D eigenvalue weighted by atomic mass is 16.5. The molecule has 2 heterocycles. The molecule has 1 saturated heterocycles. The normalized spacial score (nSPS) is 25.3. The largest absolute Gasteiger partial charge is 0.468 e. The number of carbonyl (C=O) groups is 1. The summed E-state index contributed by atoms with van der Waals surface area (Å²) in [5.74, 6) is 0.955. The van der Waals surface area contributed by atoms with Crippen LogP contribution in [0.2, 0.25) is 0 Å². The highest BCUT2D eigenvalue weighted by molar-refractivity contribution is 5.81. The van der Waals surface area contributed by atoms with E-state index in [1.54, 1.807) is 6.26 Å². The second kappa shape index (κ2) is 6.21. The molecule has 5 heteroatoms. The quantitative estimate of drug-likeness (QED) is 0.895. The van der Waals surface area contributed by atoms with Crippen molar-refractivity contribution >= 4 is 5.91 Å². The number of nitrogens with one attached hydrogen (secondary N) is 1. The molecule has 3 atom stereocenters. The summed E-state index contributed by atoms with van der Waals surface area (Å²) in [5.41, 5.74) is 0. The highest BCUT2D eigenvalue weighted by Crippen LogP contribution is 2.12. The average molecular weight is 266 g/mol. The van der Waals surface area contributed by atoms with Crippen molar-refractivity contribution in [3.05, 3.63) is 24.2 Å². The van der Waals surface area contributed by atoms with Crippen LogP contribution >= 0.6 is 0 Å². The molecule has 0 aliphatic carbocycles. The van der Waals surface area contributed by atoms with Gasteiger partial charge in [0.1, 0.15) is 5.76 Å². The number of furan rings is 1. The van der Waals surface area contributed by atoms with Crippen molar-refractivity contribution in [2.45, 2.75) is 45.6 Å². The van der Waals surface area contributed by atoms with Gasteiger partial charge in [0.2, 0.25) is 5.91 Å². The van der Waals surface area contributed by atoms with Crippen molar-refractivity contribution in [2.75, 3.05) is 13.1 Å². The number of hydrogen-bond acceptors (Lipinski definition) is 4. The van der Waals surface area contributed by atoms with Gasteiger partial charge in [0.15, 0.2) is 0 Å². The molecule has 106 valence electrons. The Labute approximate surface area is 113 Å². The lowest BCUT2D eigenvalue weighted by Crippen LogP contribution is -2.53. The van der Waals surface area contributed by atoms with E-state index in [1.165, 1.54) is 0 Å². The van der Waals surface area contributed by atoms with Crippen LogP contribution in [0, 0.1) is 0 Å². The summed E-state index contributed by atoms with van der Waals surface area (Å²) in [6.07, 6.45) is 1.84. The van der Waals surface area contributed by atoms with Gasteiger partial charge in [-0.1, -0.05) is 0 Å². The SMILES string of the molecule is C[C@@H]1CN(C(=O)[C@@H](C)NCc2ccco2)C[C@H](C)O1. The third-order valence-electron chi connectivity index (χ3n) is 3.26. The van der Waals surface area contributed by atoms with Crippen LogP contribution in [0.3, 0.4) is 0 Å². The van der Waals surface area contributed by atoms with E-state index in [-0.39, 0.29) is 24.2 Å². The van der Waals surface area contributed by atoms with Crippen LogP contribution in [-0.4, -0.2) is 42.1 Å². The predicted molar refractivity (Wildman–Crippen MR) is 71.6 cm³/mol. The number of hydrogen-bond donors (Lipinski definition) is 1. The van der Waals surface area contributed by atoms with Gasteiger partial charge in [-0.25, -0.2) is 0 Å². The fourth-order valence-electron chi connectivity index (χ4n) is 2.39. The first-order chi connectivity index (χ1) is 9.06. The van der Waals surface area contributed by atoms with Crippen molar-refractivity contribution < 1.29 is 13.9 Å². The van der Waals surface area contributed by atoms with Gasteiger partial charge in [-0.15, -0.1) is 0 Å². The molecule has 1 aliphatic rings. The fraction of sp³-hybridized carbons (Fsp3) is 0.643. The molecule has 0 radical (unpaired) electrons. The Balaban J connectivity index is 1.84. The first kappa shape index (κ1) is 14.1. The molecule has 0 spiro atoms. The van der Waals surface area contributed by atoms with Crippen molar-refractivity contribution in [3.63, 3.8) is 0 Å². The average Bonchev–Trinajstić information content (AvgIpc) is 2.87. The minimum Gasteiger partial charge on any atom is -0.468 e. The molecule has 2 rings (SSSR count). The van der Waals surface area contributed by atoms with Crippen molar-refractivity contribution in [3.8, 4) is 0 Å². The molecule has 0 saturated carbocycles. The van der Waals surface area contributed by atoms with E-state index in [2.05, 4.69) is 5.32 Å². The van der Waals surface area contributed by atoms with Crippen LogP contribution in [0.5, 0.6) is 0 Å². The predicted octanol–water partition coefficient (Wildman–Crippen LogP) is 1.39. The van der Waals surface area contributed by atoms with E-state index in [1.807, 2.05) is 37.8 Å². The molecule has 0 bridgehead atoms. The lowest BCUT2D eigenvalue weighted by Gasteiger charge is -2.36. The number of ether oxygens (including phenoxy) is 1. The van der Waals surface area contributed by atoms with Crippen molar-refractivity contribution in [1.29, 1.82) is 0 Å². The zero-order chi connectivity index (χ0) is 13.8. The Bertz CT molecular complexity index is 395. The maximum absolute atomic E-state index is 12.3. The number of amides is 1. The smallest absolute Gasteiger partial charge is 0.239 e. The maximum atomic E-state index is 12.3. The molecule has 0 unspecified atom stereocenters. The molecule has 1 aliphatic heterocycles. The number of rotatable bonds is 4. The van der Waals surface area contributed by atoms with E-state index >= 15 is 0 Å². The first-order valence-corrected chi connectivity index (χ1v) is 6.76. The minimum absolute atomic E-state index is 0.102. The van der Waals surface area contributed by atoms with Gasteiger partial charge in [-0.05, 0) is 32.9 Å². The van der Waals surface area contributed by atoms with E-state index in [0.717, 1.165) is 5.76 Å². The summed E-state index contributed by atoms with van der Waals surface area (Å²) in [7, 11) is 0. The van der Waals surface area contributed by atoms with Gasteiger partial charge >= 0.3 is 0 Å². The van der Waals surface area contributed by atoms with Crippen LogP contribution < -0.4 is 5.32 Å². The van der Waals surface area contributed by atoms with Gasteiger partial charge in [-0.2, -0.15) is 0 Å². The van der Waals surface area contributed by atoms with Crippen LogP contribution in [0.25, 0.3) is 0 Å². The topological polar surface area (TPSA) is 54.7 Å². The zero-order valence-corrected chi connectivity index (χ0v) is 11.8. The Morgan fingerprint density at radius 2 is 2.16 bits per heavy atom. The maximum Gasteiger partial charge on any atom is 0.239 e. The number of carbonyl (C=O) groups excluding carboxylic acids is 1. The molecule has 19 heavy (non-hydrogen) atoms. The summed E-state index contributed by atoms with van der Waals surface area (Å²) in [5, 5.41) is 3.19. The second-order valence-electron chi connectivity index (χ2n) is 5.18. The van der Waals surface area contributed by atoms with Gasteiger partial charge in [-0.3, -0.25) is 10.1 Å². The monoisotopic (exact) mass is 266 g/mol. The van der Waals surface area contributed by atoms with Crippen LogP contribution in [0.4, 0.5) is 0 Å². The third kappa shape index (κ3) is 3.81. The van der Waals surface area contributed by atoms with Crippen LogP contribution in [0.1, 0.15) is 26.5 Å².